The third-order valence-electron chi connectivity index (χ3n) is 4.59. The molecule has 0 bridgehead atoms. The molecule has 0 saturated heterocycles. The zero-order valence-corrected chi connectivity index (χ0v) is 13.4. The van der Waals surface area contributed by atoms with Crippen molar-refractivity contribution in [3.63, 3.8) is 0 Å². The summed E-state index contributed by atoms with van der Waals surface area (Å²) in [6, 6.07) is 7.34. The Hall–Kier alpha value is -2.01. The molecule has 0 aliphatic heterocycles. The summed E-state index contributed by atoms with van der Waals surface area (Å²) < 4.78 is 0. The van der Waals surface area contributed by atoms with Gasteiger partial charge < -0.3 is 15.4 Å². The number of para-hydroxylation sites is 1. The van der Waals surface area contributed by atoms with Crippen molar-refractivity contribution in [2.24, 2.45) is 0 Å². The molecule has 23 heavy (non-hydrogen) atoms. The smallest absolute Gasteiger partial charge is 0.329 e. The minimum absolute atomic E-state index is 0.220. The summed E-state index contributed by atoms with van der Waals surface area (Å²) in [4.78, 5) is 27.4. The second kappa shape index (κ2) is 6.24. The van der Waals surface area contributed by atoms with Crippen LogP contribution in [0.15, 0.2) is 24.3 Å². The Balaban J connectivity index is 1.91. The van der Waals surface area contributed by atoms with Crippen LogP contribution >= 0.6 is 11.6 Å². The van der Waals surface area contributed by atoms with Crippen molar-refractivity contribution in [2.45, 2.75) is 44.1 Å². The molecule has 1 saturated carbocycles. The summed E-state index contributed by atoms with van der Waals surface area (Å²) in [5, 5.41) is 13.5. The molecule has 2 aromatic rings. The highest BCUT2D eigenvalue weighted by atomic mass is 35.5. The number of fused-ring (bicyclic) bond motifs is 1. The van der Waals surface area contributed by atoms with Crippen molar-refractivity contribution in [1.29, 1.82) is 0 Å². The van der Waals surface area contributed by atoms with Gasteiger partial charge in [0, 0.05) is 10.9 Å². The zero-order chi connectivity index (χ0) is 16.4. The van der Waals surface area contributed by atoms with Gasteiger partial charge in [-0.3, -0.25) is 4.79 Å². The van der Waals surface area contributed by atoms with Gasteiger partial charge >= 0.3 is 5.97 Å². The molecule has 0 atom stereocenters. The normalized spacial score (nSPS) is 17.6. The average molecular weight is 335 g/mol. The molecule has 1 aliphatic carbocycles. The maximum atomic E-state index is 12.6. The third-order valence-corrected chi connectivity index (χ3v) is 4.98. The van der Waals surface area contributed by atoms with Crippen LogP contribution in [0.25, 0.3) is 10.9 Å². The number of H-pyrrole nitrogens is 1. The second-order valence-corrected chi connectivity index (χ2v) is 6.49. The highest BCUT2D eigenvalue weighted by Crippen LogP contribution is 2.30. The van der Waals surface area contributed by atoms with E-state index in [1.807, 2.05) is 24.3 Å². The molecule has 122 valence electrons. The lowest BCUT2D eigenvalue weighted by Crippen LogP contribution is -2.54. The summed E-state index contributed by atoms with van der Waals surface area (Å²) in [5.41, 5.74) is -0.223. The topological polar surface area (TPSA) is 82.2 Å². The van der Waals surface area contributed by atoms with Crippen molar-refractivity contribution in [2.75, 3.05) is 0 Å². The Kier molecular flexibility index (Phi) is 4.31. The predicted molar refractivity (Wildman–Crippen MR) is 88.8 cm³/mol. The molecule has 0 spiro atoms. The molecule has 1 heterocycles. The van der Waals surface area contributed by atoms with Gasteiger partial charge in [-0.25, -0.2) is 4.79 Å². The van der Waals surface area contributed by atoms with Gasteiger partial charge in [-0.2, -0.15) is 0 Å². The van der Waals surface area contributed by atoms with Gasteiger partial charge in [0.15, 0.2) is 0 Å². The van der Waals surface area contributed by atoms with Crippen molar-refractivity contribution in [3.8, 4) is 0 Å². The standard InChI is InChI=1S/C17H19ClN2O3/c18-13-11-7-3-4-8-12(11)19-14(13)15(21)20-17(16(22)23)9-5-1-2-6-10-17/h3-4,7-8,19H,1-2,5-6,9-10H2,(H,20,21)(H,22,23). The zero-order valence-electron chi connectivity index (χ0n) is 12.7. The lowest BCUT2D eigenvalue weighted by molar-refractivity contribution is -0.145. The van der Waals surface area contributed by atoms with Crippen molar-refractivity contribution in [1.82, 2.24) is 10.3 Å². The van der Waals surface area contributed by atoms with E-state index in [2.05, 4.69) is 10.3 Å². The summed E-state index contributed by atoms with van der Waals surface area (Å²) >= 11 is 6.29. The number of benzene rings is 1. The maximum Gasteiger partial charge on any atom is 0.329 e. The molecule has 5 nitrogen and oxygen atoms in total. The van der Waals surface area contributed by atoms with E-state index in [9.17, 15) is 14.7 Å². The fraction of sp³-hybridized carbons (Fsp3) is 0.412. The number of carbonyl (C=O) groups excluding carboxylic acids is 1. The Morgan fingerprint density at radius 3 is 2.39 bits per heavy atom. The van der Waals surface area contributed by atoms with Gasteiger partial charge in [0.05, 0.1) is 5.02 Å². The summed E-state index contributed by atoms with van der Waals surface area (Å²) in [6.07, 6.45) is 4.49. The van der Waals surface area contributed by atoms with E-state index in [0.29, 0.717) is 17.9 Å². The van der Waals surface area contributed by atoms with E-state index in [1.165, 1.54) is 0 Å². The summed E-state index contributed by atoms with van der Waals surface area (Å²) in [5.74, 6) is -1.43. The van der Waals surface area contributed by atoms with E-state index in [4.69, 9.17) is 11.6 Å². The van der Waals surface area contributed by atoms with Crippen molar-refractivity contribution < 1.29 is 14.7 Å². The number of amides is 1. The van der Waals surface area contributed by atoms with Crippen LogP contribution in [0.5, 0.6) is 0 Å². The summed E-state index contributed by atoms with van der Waals surface area (Å²) in [6.45, 7) is 0. The van der Waals surface area contributed by atoms with Crippen molar-refractivity contribution >= 4 is 34.4 Å². The average Bonchev–Trinajstić information content (AvgIpc) is 2.72. The van der Waals surface area contributed by atoms with Gasteiger partial charge in [-0.05, 0) is 18.9 Å². The number of carbonyl (C=O) groups is 2. The van der Waals surface area contributed by atoms with Crippen LogP contribution in [0.3, 0.4) is 0 Å². The molecule has 1 fully saturated rings. The minimum atomic E-state index is -1.20. The second-order valence-electron chi connectivity index (χ2n) is 6.12. The first-order valence-electron chi connectivity index (χ1n) is 7.86. The molecule has 3 rings (SSSR count). The van der Waals surface area contributed by atoms with Crippen LogP contribution in [0, 0.1) is 0 Å². The van der Waals surface area contributed by atoms with Crippen LogP contribution in [0.2, 0.25) is 5.02 Å². The van der Waals surface area contributed by atoms with Crippen LogP contribution in [-0.2, 0) is 4.79 Å². The molecule has 0 unspecified atom stereocenters. The third kappa shape index (κ3) is 2.93. The van der Waals surface area contributed by atoms with Gasteiger partial charge in [0.2, 0.25) is 0 Å². The first kappa shape index (κ1) is 15.9. The van der Waals surface area contributed by atoms with E-state index >= 15 is 0 Å². The van der Waals surface area contributed by atoms with E-state index in [-0.39, 0.29) is 5.69 Å². The van der Waals surface area contributed by atoms with Crippen LogP contribution < -0.4 is 5.32 Å². The number of hydrogen-bond acceptors (Lipinski definition) is 2. The Labute approximate surface area is 139 Å². The van der Waals surface area contributed by atoms with E-state index in [1.54, 1.807) is 0 Å². The van der Waals surface area contributed by atoms with Crippen LogP contribution in [0.4, 0.5) is 0 Å². The number of aromatic nitrogens is 1. The number of hydrogen-bond donors (Lipinski definition) is 3. The monoisotopic (exact) mass is 334 g/mol. The predicted octanol–water partition coefficient (Wildman–Crippen LogP) is 3.73. The number of aliphatic carboxylic acids is 1. The Bertz CT molecular complexity index is 745. The summed E-state index contributed by atoms with van der Waals surface area (Å²) in [7, 11) is 0. The molecule has 3 N–H and O–H groups in total. The van der Waals surface area contributed by atoms with Crippen LogP contribution in [0.1, 0.15) is 49.0 Å². The Morgan fingerprint density at radius 1 is 1.13 bits per heavy atom. The SMILES string of the molecule is O=C(NC1(C(=O)O)CCCCCC1)c1[nH]c2ccccc2c1Cl. The fourth-order valence-corrected chi connectivity index (χ4v) is 3.57. The first-order valence-corrected chi connectivity index (χ1v) is 8.23. The van der Waals surface area contributed by atoms with Gasteiger partial charge in [0.1, 0.15) is 11.2 Å². The highest BCUT2D eigenvalue weighted by Gasteiger charge is 2.40. The first-order chi connectivity index (χ1) is 11.0. The lowest BCUT2D eigenvalue weighted by Gasteiger charge is -2.29. The molecule has 1 aliphatic rings. The number of halogens is 1. The lowest BCUT2D eigenvalue weighted by atomic mass is 9.90. The molecule has 6 heteroatoms. The molecule has 0 radical (unpaired) electrons. The quantitative estimate of drug-likeness (QED) is 0.748. The van der Waals surface area contributed by atoms with Crippen LogP contribution in [-0.4, -0.2) is 27.5 Å². The highest BCUT2D eigenvalue weighted by molar-refractivity contribution is 6.38. The van der Waals surface area contributed by atoms with Gasteiger partial charge in [-0.1, -0.05) is 55.5 Å². The fourth-order valence-electron chi connectivity index (χ4n) is 3.27. The molecular formula is C17H19ClN2O3. The van der Waals surface area contributed by atoms with Crippen molar-refractivity contribution in [3.05, 3.63) is 35.0 Å². The molecule has 1 aromatic carbocycles. The number of carboxylic acids is 1. The maximum absolute atomic E-state index is 12.6. The molecular weight excluding hydrogens is 316 g/mol. The number of carboxylic acid groups (broad SMARTS) is 1. The largest absolute Gasteiger partial charge is 0.480 e. The van der Waals surface area contributed by atoms with E-state index in [0.717, 1.165) is 36.6 Å². The molecule has 1 aromatic heterocycles. The number of aromatic amines is 1. The van der Waals surface area contributed by atoms with Gasteiger partial charge in [0.25, 0.3) is 5.91 Å². The number of nitrogens with one attached hydrogen (secondary N) is 2. The Morgan fingerprint density at radius 2 is 1.78 bits per heavy atom. The van der Waals surface area contributed by atoms with E-state index < -0.39 is 17.4 Å². The minimum Gasteiger partial charge on any atom is -0.480 e. The number of rotatable bonds is 3. The molecule has 1 amide bonds. The van der Waals surface area contributed by atoms with Gasteiger partial charge in [-0.15, -0.1) is 0 Å².